The number of nitrogens with zero attached hydrogens (tertiary/aromatic N) is 1. The Kier molecular flexibility index (Phi) is 4.77. The Morgan fingerprint density at radius 1 is 1.50 bits per heavy atom. The van der Waals surface area contributed by atoms with Crippen molar-refractivity contribution in [3.63, 3.8) is 0 Å². The maximum Gasteiger partial charge on any atom is 0.227 e. The maximum atomic E-state index is 12.0. The molecule has 2 N–H and O–H groups in total. The average molecular weight is 341 g/mol. The molecule has 2 amide bonds. The highest BCUT2D eigenvalue weighted by molar-refractivity contribution is 9.10. The number of benzene rings is 1. The Bertz CT molecular complexity index is 502. The van der Waals surface area contributed by atoms with Crippen LogP contribution in [-0.4, -0.2) is 36.1 Å². The van der Waals surface area contributed by atoms with Gasteiger partial charge in [-0.05, 0) is 31.2 Å². The van der Waals surface area contributed by atoms with Crippen molar-refractivity contribution in [3.8, 4) is 0 Å². The lowest BCUT2D eigenvalue weighted by Crippen LogP contribution is -2.36. The number of aliphatic hydroxyl groups is 1. The first-order valence-corrected chi connectivity index (χ1v) is 7.28. The van der Waals surface area contributed by atoms with Crippen LogP contribution in [0.3, 0.4) is 0 Å². The highest BCUT2D eigenvalue weighted by Gasteiger charge is 2.34. The van der Waals surface area contributed by atoms with Gasteiger partial charge in [0, 0.05) is 29.7 Å². The van der Waals surface area contributed by atoms with Gasteiger partial charge in [-0.2, -0.15) is 0 Å². The summed E-state index contributed by atoms with van der Waals surface area (Å²) in [5.41, 5.74) is 0.795. The smallest absolute Gasteiger partial charge is 0.227 e. The second kappa shape index (κ2) is 6.37. The van der Waals surface area contributed by atoms with E-state index < -0.39 is 6.10 Å². The van der Waals surface area contributed by atoms with Crippen molar-refractivity contribution >= 4 is 33.4 Å². The maximum absolute atomic E-state index is 12.0. The molecule has 6 heteroatoms. The first-order valence-electron chi connectivity index (χ1n) is 6.49. The van der Waals surface area contributed by atoms with E-state index in [4.69, 9.17) is 5.11 Å². The van der Waals surface area contributed by atoms with Gasteiger partial charge in [0.25, 0.3) is 0 Å². The fraction of sp³-hybridized carbons (Fsp3) is 0.429. The van der Waals surface area contributed by atoms with Crippen LogP contribution < -0.4 is 10.2 Å². The summed E-state index contributed by atoms with van der Waals surface area (Å²) in [6.07, 6.45) is -0.375. The molecule has 20 heavy (non-hydrogen) atoms. The molecule has 2 atom stereocenters. The van der Waals surface area contributed by atoms with Gasteiger partial charge in [-0.3, -0.25) is 9.59 Å². The van der Waals surface area contributed by atoms with Crippen molar-refractivity contribution in [1.29, 1.82) is 0 Å². The monoisotopic (exact) mass is 340 g/mol. The Morgan fingerprint density at radius 2 is 2.15 bits per heavy atom. The zero-order chi connectivity index (χ0) is 14.7. The fourth-order valence-electron chi connectivity index (χ4n) is 2.15. The zero-order valence-electron chi connectivity index (χ0n) is 11.2. The molecule has 1 aliphatic heterocycles. The molecule has 5 nitrogen and oxygen atoms in total. The third-order valence-corrected chi connectivity index (χ3v) is 3.73. The molecule has 0 unspecified atom stereocenters. The predicted molar refractivity (Wildman–Crippen MR) is 79.3 cm³/mol. The van der Waals surface area contributed by atoms with Gasteiger partial charge < -0.3 is 15.3 Å². The molecule has 0 bridgehead atoms. The molecule has 108 valence electrons. The topological polar surface area (TPSA) is 69.6 Å². The Balaban J connectivity index is 2.00. The third kappa shape index (κ3) is 3.58. The van der Waals surface area contributed by atoms with E-state index in [9.17, 15) is 9.59 Å². The molecule has 0 spiro atoms. The van der Waals surface area contributed by atoms with Gasteiger partial charge in [0.05, 0.1) is 12.0 Å². The molecule has 1 fully saturated rings. The van der Waals surface area contributed by atoms with E-state index in [1.54, 1.807) is 11.8 Å². The van der Waals surface area contributed by atoms with Crippen LogP contribution in [0.2, 0.25) is 0 Å². The van der Waals surface area contributed by atoms with E-state index in [2.05, 4.69) is 21.2 Å². The molecule has 1 aromatic rings. The summed E-state index contributed by atoms with van der Waals surface area (Å²) in [6, 6.07) is 7.42. The quantitative estimate of drug-likeness (QED) is 0.867. The van der Waals surface area contributed by atoms with E-state index >= 15 is 0 Å². The summed E-state index contributed by atoms with van der Waals surface area (Å²) < 4.78 is 0.944. The van der Waals surface area contributed by atoms with E-state index in [0.717, 1.165) is 10.2 Å². The number of carbonyl (C=O) groups excluding carboxylic acids is 2. The van der Waals surface area contributed by atoms with Gasteiger partial charge >= 0.3 is 0 Å². The number of rotatable bonds is 4. The number of anilines is 1. The predicted octanol–water partition coefficient (Wildman–Crippen LogP) is 1.30. The van der Waals surface area contributed by atoms with E-state index in [-0.39, 0.29) is 30.7 Å². The molecular formula is C14H17BrN2O3. The molecule has 1 heterocycles. The van der Waals surface area contributed by atoms with Crippen molar-refractivity contribution in [2.75, 3.05) is 18.0 Å². The molecule has 0 saturated carbocycles. The van der Waals surface area contributed by atoms with E-state index in [1.165, 1.54) is 0 Å². The number of halogens is 1. The molecule has 1 aromatic carbocycles. The molecule has 0 aliphatic carbocycles. The molecule has 0 aromatic heterocycles. The first-order chi connectivity index (χ1) is 9.47. The molecule has 1 saturated heterocycles. The van der Waals surface area contributed by atoms with Crippen LogP contribution in [0.1, 0.15) is 13.3 Å². The summed E-state index contributed by atoms with van der Waals surface area (Å²) in [7, 11) is 0. The van der Waals surface area contributed by atoms with Crippen LogP contribution in [0, 0.1) is 5.92 Å². The normalized spacial score (nSPS) is 20.1. The van der Waals surface area contributed by atoms with Crippen molar-refractivity contribution in [1.82, 2.24) is 5.32 Å². The van der Waals surface area contributed by atoms with Crippen molar-refractivity contribution < 1.29 is 14.7 Å². The number of amides is 2. The number of carbonyl (C=O) groups is 2. The average Bonchev–Trinajstić information content (AvgIpc) is 2.79. The molecule has 0 radical (unpaired) electrons. The Morgan fingerprint density at radius 3 is 2.75 bits per heavy atom. The van der Waals surface area contributed by atoms with E-state index in [1.807, 2.05) is 24.3 Å². The second-order valence-corrected chi connectivity index (χ2v) is 5.89. The van der Waals surface area contributed by atoms with Crippen molar-refractivity contribution in [2.24, 2.45) is 5.92 Å². The lowest BCUT2D eigenvalue weighted by Gasteiger charge is -2.17. The minimum Gasteiger partial charge on any atom is -0.392 e. The zero-order valence-corrected chi connectivity index (χ0v) is 12.8. The summed E-state index contributed by atoms with van der Waals surface area (Å²) in [6.45, 7) is 2.20. The Hall–Kier alpha value is -1.40. The van der Waals surface area contributed by atoms with Crippen LogP contribution in [0.15, 0.2) is 28.7 Å². The standard InChI is InChI=1S/C14H17BrN2O3/c1-9(18)7-16-14(20)10-6-13(19)17(8-10)12-4-2-11(15)3-5-12/h2-5,9-10,18H,6-8H2,1H3,(H,16,20)/t9-,10-/m1/s1. The van der Waals surface area contributed by atoms with Crippen LogP contribution in [0.5, 0.6) is 0 Å². The minimum atomic E-state index is -0.585. The third-order valence-electron chi connectivity index (χ3n) is 3.21. The minimum absolute atomic E-state index is 0.0514. The lowest BCUT2D eigenvalue weighted by molar-refractivity contribution is -0.126. The van der Waals surface area contributed by atoms with Crippen LogP contribution in [0.4, 0.5) is 5.69 Å². The van der Waals surface area contributed by atoms with Crippen LogP contribution in [-0.2, 0) is 9.59 Å². The van der Waals surface area contributed by atoms with Gasteiger partial charge in [0.1, 0.15) is 0 Å². The lowest BCUT2D eigenvalue weighted by atomic mass is 10.1. The number of hydrogen-bond acceptors (Lipinski definition) is 3. The second-order valence-electron chi connectivity index (χ2n) is 4.98. The molecule has 2 rings (SSSR count). The van der Waals surface area contributed by atoms with Gasteiger partial charge in [0.2, 0.25) is 11.8 Å². The summed E-state index contributed by atoms with van der Waals surface area (Å²) in [4.78, 5) is 25.5. The Labute approximate surface area is 126 Å². The first kappa shape index (κ1) is 15.0. The summed E-state index contributed by atoms with van der Waals surface area (Å²) in [5, 5.41) is 11.8. The molecule has 1 aliphatic rings. The summed E-state index contributed by atoms with van der Waals surface area (Å²) in [5.74, 6) is -0.590. The fourth-order valence-corrected chi connectivity index (χ4v) is 2.41. The van der Waals surface area contributed by atoms with Crippen LogP contribution in [0.25, 0.3) is 0 Å². The van der Waals surface area contributed by atoms with Crippen LogP contribution >= 0.6 is 15.9 Å². The van der Waals surface area contributed by atoms with Gasteiger partial charge in [-0.15, -0.1) is 0 Å². The van der Waals surface area contributed by atoms with Gasteiger partial charge in [-0.1, -0.05) is 15.9 Å². The highest BCUT2D eigenvalue weighted by Crippen LogP contribution is 2.26. The van der Waals surface area contributed by atoms with Crippen molar-refractivity contribution in [2.45, 2.75) is 19.4 Å². The SMILES string of the molecule is C[C@@H](O)CNC(=O)[C@@H]1CC(=O)N(c2ccc(Br)cc2)C1. The van der Waals surface area contributed by atoms with Gasteiger partial charge in [0.15, 0.2) is 0 Å². The summed E-state index contributed by atoms with van der Waals surface area (Å²) >= 11 is 3.35. The van der Waals surface area contributed by atoms with Gasteiger partial charge in [-0.25, -0.2) is 0 Å². The largest absolute Gasteiger partial charge is 0.392 e. The van der Waals surface area contributed by atoms with Crippen molar-refractivity contribution in [3.05, 3.63) is 28.7 Å². The number of nitrogens with one attached hydrogen (secondary N) is 1. The molecular weight excluding hydrogens is 324 g/mol. The number of aliphatic hydroxyl groups excluding tert-OH is 1. The highest BCUT2D eigenvalue weighted by atomic mass is 79.9. The van der Waals surface area contributed by atoms with E-state index in [0.29, 0.717) is 6.54 Å². The number of hydrogen-bond donors (Lipinski definition) is 2.